The van der Waals surface area contributed by atoms with E-state index in [-0.39, 0.29) is 16.6 Å². The van der Waals surface area contributed by atoms with Gasteiger partial charge >= 0.3 is 5.97 Å². The van der Waals surface area contributed by atoms with E-state index in [1.165, 1.54) is 12.1 Å². The third kappa shape index (κ3) is 5.03. The molecule has 0 N–H and O–H groups in total. The largest absolute Gasteiger partial charge is 0.459 e. The lowest BCUT2D eigenvalue weighted by atomic mass is 10.1. The number of carbonyl (C=O) groups is 1. The molecule has 0 aliphatic heterocycles. The van der Waals surface area contributed by atoms with Crippen molar-refractivity contribution >= 4 is 15.8 Å². The molecule has 5 heteroatoms. The molecule has 0 bridgehead atoms. The lowest BCUT2D eigenvalue weighted by molar-refractivity contribution is 0.0299. The highest BCUT2D eigenvalue weighted by Gasteiger charge is 2.15. The molecule has 19 heavy (non-hydrogen) atoms. The first-order valence-corrected chi connectivity index (χ1v) is 8.10. The standard InChI is InChI=1S/C14H20O4S/c1-10(2)8-11(3)18-14(15)12-6-5-7-13(9-12)19(4,16)17/h5-7,9-11H,8H2,1-4H3. The maximum atomic E-state index is 11.9. The quantitative estimate of drug-likeness (QED) is 0.780. The second-order valence-corrected chi connectivity index (χ2v) is 7.16. The van der Waals surface area contributed by atoms with Gasteiger partial charge in [0.25, 0.3) is 0 Å². The van der Waals surface area contributed by atoms with Gasteiger partial charge in [-0.05, 0) is 37.5 Å². The van der Waals surface area contributed by atoms with Crippen LogP contribution < -0.4 is 0 Å². The minimum absolute atomic E-state index is 0.124. The first-order chi connectivity index (χ1) is 8.70. The number of ether oxygens (including phenoxy) is 1. The van der Waals surface area contributed by atoms with Crippen LogP contribution in [0.1, 0.15) is 37.6 Å². The molecule has 0 saturated carbocycles. The zero-order valence-electron chi connectivity index (χ0n) is 11.7. The Morgan fingerprint density at radius 3 is 2.42 bits per heavy atom. The van der Waals surface area contributed by atoms with E-state index in [4.69, 9.17) is 4.74 Å². The minimum Gasteiger partial charge on any atom is -0.459 e. The van der Waals surface area contributed by atoms with Crippen LogP contribution in [0, 0.1) is 5.92 Å². The topological polar surface area (TPSA) is 60.4 Å². The van der Waals surface area contributed by atoms with Crippen LogP contribution >= 0.6 is 0 Å². The van der Waals surface area contributed by atoms with Crippen molar-refractivity contribution < 1.29 is 17.9 Å². The molecular formula is C14H20O4S. The fraction of sp³-hybridized carbons (Fsp3) is 0.500. The first kappa shape index (κ1) is 15.7. The molecule has 4 nitrogen and oxygen atoms in total. The van der Waals surface area contributed by atoms with Crippen LogP contribution in [0.15, 0.2) is 29.2 Å². The van der Waals surface area contributed by atoms with Crippen molar-refractivity contribution in [2.45, 2.75) is 38.2 Å². The Hall–Kier alpha value is -1.36. The number of esters is 1. The summed E-state index contributed by atoms with van der Waals surface area (Å²) in [6.07, 6.45) is 1.70. The number of hydrogen-bond acceptors (Lipinski definition) is 4. The Labute approximate surface area is 114 Å². The van der Waals surface area contributed by atoms with Crippen LogP contribution in [-0.2, 0) is 14.6 Å². The molecule has 0 aliphatic rings. The van der Waals surface area contributed by atoms with Crippen molar-refractivity contribution in [3.05, 3.63) is 29.8 Å². The van der Waals surface area contributed by atoms with Gasteiger partial charge < -0.3 is 4.74 Å². The molecule has 1 rings (SSSR count). The summed E-state index contributed by atoms with van der Waals surface area (Å²) in [4.78, 5) is 12.0. The summed E-state index contributed by atoms with van der Waals surface area (Å²) >= 11 is 0. The number of hydrogen-bond donors (Lipinski definition) is 0. The Morgan fingerprint density at radius 1 is 1.26 bits per heavy atom. The summed E-state index contributed by atoms with van der Waals surface area (Å²) in [5, 5.41) is 0. The molecule has 0 amide bonds. The lowest BCUT2D eigenvalue weighted by Gasteiger charge is -2.15. The minimum atomic E-state index is -3.31. The second-order valence-electron chi connectivity index (χ2n) is 5.15. The van der Waals surface area contributed by atoms with E-state index in [0.717, 1.165) is 12.7 Å². The van der Waals surface area contributed by atoms with Gasteiger partial charge in [-0.2, -0.15) is 0 Å². The van der Waals surface area contributed by atoms with Crippen molar-refractivity contribution in [3.63, 3.8) is 0 Å². The number of benzene rings is 1. The van der Waals surface area contributed by atoms with Gasteiger partial charge in [0.2, 0.25) is 0 Å². The van der Waals surface area contributed by atoms with Crippen molar-refractivity contribution in [2.75, 3.05) is 6.26 Å². The van der Waals surface area contributed by atoms with E-state index in [1.54, 1.807) is 12.1 Å². The molecular weight excluding hydrogens is 264 g/mol. The number of rotatable bonds is 5. The second kappa shape index (κ2) is 6.19. The third-order valence-corrected chi connectivity index (χ3v) is 3.72. The van der Waals surface area contributed by atoms with Crippen molar-refractivity contribution in [3.8, 4) is 0 Å². The fourth-order valence-corrected chi connectivity index (χ4v) is 2.48. The summed E-state index contributed by atoms with van der Waals surface area (Å²) in [6, 6.07) is 5.91. The number of sulfone groups is 1. The van der Waals surface area contributed by atoms with Crippen LogP contribution in [0.5, 0.6) is 0 Å². The van der Waals surface area contributed by atoms with Crippen molar-refractivity contribution in [1.29, 1.82) is 0 Å². The van der Waals surface area contributed by atoms with Gasteiger partial charge in [-0.3, -0.25) is 0 Å². The smallest absolute Gasteiger partial charge is 0.338 e. The molecule has 0 heterocycles. The normalized spacial score (nSPS) is 13.3. The van der Waals surface area contributed by atoms with E-state index >= 15 is 0 Å². The van der Waals surface area contributed by atoms with Crippen LogP contribution in [0.2, 0.25) is 0 Å². The molecule has 1 aromatic carbocycles. The maximum absolute atomic E-state index is 11.9. The molecule has 106 valence electrons. The molecule has 0 radical (unpaired) electrons. The van der Waals surface area contributed by atoms with Gasteiger partial charge in [-0.1, -0.05) is 19.9 Å². The predicted octanol–water partition coefficient (Wildman–Crippen LogP) is 2.68. The Kier molecular flexibility index (Phi) is 5.11. The van der Waals surface area contributed by atoms with Gasteiger partial charge in [0.1, 0.15) is 0 Å². The summed E-state index contributed by atoms with van der Waals surface area (Å²) in [5.41, 5.74) is 0.263. The third-order valence-electron chi connectivity index (χ3n) is 2.61. The molecule has 0 spiro atoms. The highest BCUT2D eigenvalue weighted by atomic mass is 32.2. The first-order valence-electron chi connectivity index (χ1n) is 6.21. The van der Waals surface area contributed by atoms with Crippen LogP contribution in [0.4, 0.5) is 0 Å². The molecule has 1 atom stereocenters. The van der Waals surface area contributed by atoms with E-state index in [2.05, 4.69) is 13.8 Å². The van der Waals surface area contributed by atoms with E-state index in [9.17, 15) is 13.2 Å². The molecule has 0 aromatic heterocycles. The van der Waals surface area contributed by atoms with Crippen LogP contribution in [0.3, 0.4) is 0 Å². The fourth-order valence-electron chi connectivity index (χ4n) is 1.82. The number of carbonyl (C=O) groups excluding carboxylic acids is 1. The molecule has 1 unspecified atom stereocenters. The zero-order chi connectivity index (χ0) is 14.6. The Morgan fingerprint density at radius 2 is 1.89 bits per heavy atom. The SMILES string of the molecule is CC(C)CC(C)OC(=O)c1cccc(S(C)(=O)=O)c1. The summed E-state index contributed by atoms with van der Waals surface area (Å²) in [7, 11) is -3.31. The van der Waals surface area contributed by atoms with Gasteiger partial charge in [0, 0.05) is 6.26 Å². The average Bonchev–Trinajstić information content (AvgIpc) is 2.26. The van der Waals surface area contributed by atoms with Crippen molar-refractivity contribution in [1.82, 2.24) is 0 Å². The monoisotopic (exact) mass is 284 g/mol. The van der Waals surface area contributed by atoms with Crippen LogP contribution in [0.25, 0.3) is 0 Å². The highest BCUT2D eigenvalue weighted by molar-refractivity contribution is 7.90. The average molecular weight is 284 g/mol. The Bertz CT molecular complexity index is 546. The van der Waals surface area contributed by atoms with Gasteiger partial charge in [-0.25, -0.2) is 13.2 Å². The lowest BCUT2D eigenvalue weighted by Crippen LogP contribution is -2.17. The van der Waals surface area contributed by atoms with Gasteiger partial charge in [0.05, 0.1) is 16.6 Å². The highest BCUT2D eigenvalue weighted by Crippen LogP contribution is 2.14. The molecule has 0 aliphatic carbocycles. The van der Waals surface area contributed by atoms with Crippen LogP contribution in [-0.4, -0.2) is 26.7 Å². The molecule has 1 aromatic rings. The molecule has 0 saturated heterocycles. The molecule has 0 fully saturated rings. The van der Waals surface area contributed by atoms with Crippen molar-refractivity contribution in [2.24, 2.45) is 5.92 Å². The van der Waals surface area contributed by atoms with E-state index < -0.39 is 15.8 Å². The Balaban J connectivity index is 2.84. The predicted molar refractivity (Wildman–Crippen MR) is 73.9 cm³/mol. The maximum Gasteiger partial charge on any atom is 0.338 e. The summed E-state index contributed by atoms with van der Waals surface area (Å²) in [6.45, 7) is 5.93. The van der Waals surface area contributed by atoms with Gasteiger partial charge in [-0.15, -0.1) is 0 Å². The zero-order valence-corrected chi connectivity index (χ0v) is 12.5. The van der Waals surface area contributed by atoms with Gasteiger partial charge in [0.15, 0.2) is 9.84 Å². The van der Waals surface area contributed by atoms with E-state index in [0.29, 0.717) is 5.92 Å². The summed E-state index contributed by atoms with van der Waals surface area (Å²) < 4.78 is 28.1. The summed E-state index contributed by atoms with van der Waals surface area (Å²) in [5.74, 6) is -0.0520. The van der Waals surface area contributed by atoms with E-state index in [1.807, 2.05) is 6.92 Å².